The Hall–Kier alpha value is -1.62. The van der Waals surface area contributed by atoms with Crippen molar-refractivity contribution in [1.29, 1.82) is 0 Å². The molecule has 2 rings (SSSR count). The molecule has 0 saturated heterocycles. The molecule has 19 heavy (non-hydrogen) atoms. The molecule has 0 atom stereocenters. The summed E-state index contributed by atoms with van der Waals surface area (Å²) in [7, 11) is 0. The van der Waals surface area contributed by atoms with E-state index in [0.29, 0.717) is 0 Å². The van der Waals surface area contributed by atoms with Gasteiger partial charge in [0.25, 0.3) is 0 Å². The SMILES string of the molecule is CCCCNc1ncccc1Nc1ncccc1Br. The minimum Gasteiger partial charge on any atom is -0.368 e. The number of unbranched alkanes of at least 4 members (excludes halogenated alkanes) is 1. The minimum absolute atomic E-state index is 0.786. The Bertz CT molecular complexity index is 530. The lowest BCUT2D eigenvalue weighted by molar-refractivity contribution is 0.831. The van der Waals surface area contributed by atoms with Gasteiger partial charge in [0.05, 0.1) is 10.2 Å². The predicted octanol–water partition coefficient (Wildman–Crippen LogP) is 4.19. The van der Waals surface area contributed by atoms with Crippen LogP contribution in [-0.2, 0) is 0 Å². The molecule has 0 aliphatic heterocycles. The Morgan fingerprint density at radius 1 is 1.11 bits per heavy atom. The van der Waals surface area contributed by atoms with E-state index >= 15 is 0 Å². The van der Waals surface area contributed by atoms with E-state index in [1.54, 1.807) is 12.4 Å². The van der Waals surface area contributed by atoms with E-state index < -0.39 is 0 Å². The zero-order chi connectivity index (χ0) is 13.5. The number of anilines is 3. The number of aromatic nitrogens is 2. The number of pyridine rings is 2. The Morgan fingerprint density at radius 3 is 2.58 bits per heavy atom. The van der Waals surface area contributed by atoms with Crippen LogP contribution in [0.1, 0.15) is 19.8 Å². The number of nitrogens with one attached hydrogen (secondary N) is 2. The Labute approximate surface area is 121 Å². The number of halogens is 1. The second kappa shape index (κ2) is 7.09. The van der Waals surface area contributed by atoms with E-state index in [2.05, 4.69) is 43.5 Å². The first-order valence-electron chi connectivity index (χ1n) is 6.37. The van der Waals surface area contributed by atoms with Crippen molar-refractivity contribution in [3.05, 3.63) is 41.1 Å². The highest BCUT2D eigenvalue weighted by molar-refractivity contribution is 9.10. The van der Waals surface area contributed by atoms with E-state index in [1.807, 2.05) is 24.3 Å². The first-order chi connectivity index (χ1) is 9.31. The van der Waals surface area contributed by atoms with E-state index in [9.17, 15) is 0 Å². The van der Waals surface area contributed by atoms with Crippen LogP contribution in [0.2, 0.25) is 0 Å². The number of hydrogen-bond acceptors (Lipinski definition) is 4. The summed E-state index contributed by atoms with van der Waals surface area (Å²) in [4.78, 5) is 8.66. The third kappa shape index (κ3) is 3.92. The first kappa shape index (κ1) is 13.8. The molecule has 0 fully saturated rings. The van der Waals surface area contributed by atoms with Crippen LogP contribution in [-0.4, -0.2) is 16.5 Å². The second-order valence-electron chi connectivity index (χ2n) is 4.14. The van der Waals surface area contributed by atoms with Crippen LogP contribution in [0, 0.1) is 0 Å². The predicted molar refractivity (Wildman–Crippen MR) is 82.9 cm³/mol. The highest BCUT2D eigenvalue weighted by Gasteiger charge is 2.05. The summed E-state index contributed by atoms with van der Waals surface area (Å²) in [5.74, 6) is 1.64. The molecule has 0 saturated carbocycles. The molecule has 0 spiro atoms. The van der Waals surface area contributed by atoms with Crippen LogP contribution in [0.15, 0.2) is 41.1 Å². The van der Waals surface area contributed by atoms with Crippen molar-refractivity contribution in [2.45, 2.75) is 19.8 Å². The van der Waals surface area contributed by atoms with Gasteiger partial charge in [-0.25, -0.2) is 9.97 Å². The molecule has 2 aromatic rings. The average Bonchev–Trinajstić information content (AvgIpc) is 2.43. The van der Waals surface area contributed by atoms with E-state index in [4.69, 9.17) is 0 Å². The van der Waals surface area contributed by atoms with Gasteiger partial charge in [0, 0.05) is 18.9 Å². The summed E-state index contributed by atoms with van der Waals surface area (Å²) in [5, 5.41) is 6.62. The van der Waals surface area contributed by atoms with E-state index in [1.165, 1.54) is 0 Å². The largest absolute Gasteiger partial charge is 0.368 e. The van der Waals surface area contributed by atoms with Gasteiger partial charge in [-0.2, -0.15) is 0 Å². The fourth-order valence-electron chi connectivity index (χ4n) is 1.64. The van der Waals surface area contributed by atoms with Crippen molar-refractivity contribution >= 4 is 33.3 Å². The van der Waals surface area contributed by atoms with Crippen LogP contribution < -0.4 is 10.6 Å². The molecule has 0 radical (unpaired) electrons. The van der Waals surface area contributed by atoms with Gasteiger partial charge in [-0.3, -0.25) is 0 Å². The van der Waals surface area contributed by atoms with Gasteiger partial charge in [-0.05, 0) is 46.6 Å². The van der Waals surface area contributed by atoms with E-state index in [0.717, 1.165) is 41.2 Å². The van der Waals surface area contributed by atoms with Gasteiger partial charge in [0.1, 0.15) is 11.6 Å². The maximum atomic E-state index is 4.36. The molecule has 0 aromatic carbocycles. The third-order valence-corrected chi connectivity index (χ3v) is 3.28. The van der Waals surface area contributed by atoms with Crippen molar-refractivity contribution in [3.8, 4) is 0 Å². The Kier molecular flexibility index (Phi) is 5.15. The van der Waals surface area contributed by atoms with Crippen molar-refractivity contribution in [3.63, 3.8) is 0 Å². The lowest BCUT2D eigenvalue weighted by Gasteiger charge is -2.12. The molecule has 0 amide bonds. The van der Waals surface area contributed by atoms with Gasteiger partial charge in [0.15, 0.2) is 0 Å². The van der Waals surface area contributed by atoms with Crippen molar-refractivity contribution < 1.29 is 0 Å². The molecule has 4 nitrogen and oxygen atoms in total. The van der Waals surface area contributed by atoms with Crippen molar-refractivity contribution in [2.24, 2.45) is 0 Å². The Morgan fingerprint density at radius 2 is 1.84 bits per heavy atom. The molecule has 2 heterocycles. The molecular weight excluding hydrogens is 304 g/mol. The highest BCUT2D eigenvalue weighted by atomic mass is 79.9. The molecule has 0 aliphatic carbocycles. The molecule has 2 aromatic heterocycles. The topological polar surface area (TPSA) is 49.8 Å². The van der Waals surface area contributed by atoms with Crippen LogP contribution in [0.25, 0.3) is 0 Å². The standard InChI is InChI=1S/C14H17BrN4/c1-2-3-8-17-14-12(7-5-10-18-14)19-13-11(15)6-4-9-16-13/h4-7,9-10H,2-3,8H2,1H3,(H,16,19)(H,17,18). The van der Waals surface area contributed by atoms with E-state index in [-0.39, 0.29) is 0 Å². The highest BCUT2D eigenvalue weighted by Crippen LogP contribution is 2.26. The van der Waals surface area contributed by atoms with Crippen molar-refractivity contribution in [2.75, 3.05) is 17.2 Å². The maximum absolute atomic E-state index is 4.36. The minimum atomic E-state index is 0.786. The summed E-state index contributed by atoms with van der Waals surface area (Å²) < 4.78 is 0.929. The summed E-state index contributed by atoms with van der Waals surface area (Å²) in [6.07, 6.45) is 5.83. The molecule has 100 valence electrons. The zero-order valence-corrected chi connectivity index (χ0v) is 12.4. The first-order valence-corrected chi connectivity index (χ1v) is 7.17. The summed E-state index contributed by atoms with van der Waals surface area (Å²) in [5.41, 5.74) is 0.929. The number of rotatable bonds is 6. The zero-order valence-electron chi connectivity index (χ0n) is 10.9. The second-order valence-corrected chi connectivity index (χ2v) is 4.99. The van der Waals surface area contributed by atoms with Crippen molar-refractivity contribution in [1.82, 2.24) is 9.97 Å². The normalized spacial score (nSPS) is 10.2. The molecule has 2 N–H and O–H groups in total. The maximum Gasteiger partial charge on any atom is 0.149 e. The molecule has 0 aliphatic rings. The average molecular weight is 321 g/mol. The van der Waals surface area contributed by atoms with Crippen LogP contribution in [0.4, 0.5) is 17.3 Å². The van der Waals surface area contributed by atoms with Gasteiger partial charge in [-0.15, -0.1) is 0 Å². The van der Waals surface area contributed by atoms with Crippen LogP contribution >= 0.6 is 15.9 Å². The third-order valence-electron chi connectivity index (χ3n) is 2.64. The molecule has 0 unspecified atom stereocenters. The van der Waals surface area contributed by atoms with Gasteiger partial charge < -0.3 is 10.6 Å². The summed E-state index contributed by atoms with van der Waals surface area (Å²) >= 11 is 3.48. The monoisotopic (exact) mass is 320 g/mol. The fraction of sp³-hybridized carbons (Fsp3) is 0.286. The van der Waals surface area contributed by atoms with Crippen LogP contribution in [0.5, 0.6) is 0 Å². The fourth-order valence-corrected chi connectivity index (χ4v) is 1.99. The molecular formula is C14H17BrN4. The molecule has 5 heteroatoms. The summed E-state index contributed by atoms with van der Waals surface area (Å²) in [6.45, 7) is 3.09. The Balaban J connectivity index is 2.13. The lowest BCUT2D eigenvalue weighted by atomic mass is 10.3. The van der Waals surface area contributed by atoms with Crippen LogP contribution in [0.3, 0.4) is 0 Å². The number of hydrogen-bond donors (Lipinski definition) is 2. The molecule has 0 bridgehead atoms. The van der Waals surface area contributed by atoms with Gasteiger partial charge >= 0.3 is 0 Å². The number of nitrogens with zero attached hydrogens (tertiary/aromatic N) is 2. The quantitative estimate of drug-likeness (QED) is 0.783. The summed E-state index contributed by atoms with van der Waals surface area (Å²) in [6, 6.07) is 7.74. The smallest absolute Gasteiger partial charge is 0.149 e. The van der Waals surface area contributed by atoms with Gasteiger partial charge in [-0.1, -0.05) is 13.3 Å². The van der Waals surface area contributed by atoms with Gasteiger partial charge in [0.2, 0.25) is 0 Å². The lowest BCUT2D eigenvalue weighted by Crippen LogP contribution is -2.06.